The largest absolute Gasteiger partial charge is 0.481 e. The Morgan fingerprint density at radius 3 is 2.48 bits per heavy atom. The minimum absolute atomic E-state index is 0.222. The number of carbonyl (C=O) groups is 1. The Kier molecular flexibility index (Phi) is 5.48. The van der Waals surface area contributed by atoms with E-state index >= 15 is 0 Å². The van der Waals surface area contributed by atoms with Gasteiger partial charge in [-0.05, 0) is 36.8 Å². The van der Waals surface area contributed by atoms with Crippen molar-refractivity contribution in [3.05, 3.63) is 58.6 Å². The molecule has 0 unspecified atom stereocenters. The Morgan fingerprint density at radius 1 is 1.14 bits per heavy atom. The van der Waals surface area contributed by atoms with Crippen LogP contribution >= 0.6 is 23.2 Å². The van der Waals surface area contributed by atoms with Gasteiger partial charge < -0.3 is 10.1 Å². The van der Waals surface area contributed by atoms with Gasteiger partial charge in [0.2, 0.25) is 0 Å². The molecule has 0 aliphatic carbocycles. The second-order valence-electron chi connectivity index (χ2n) is 4.45. The van der Waals surface area contributed by atoms with Crippen molar-refractivity contribution in [3.63, 3.8) is 0 Å². The number of hydrogen-bond acceptors (Lipinski definition) is 2. The second-order valence-corrected chi connectivity index (χ2v) is 5.26. The Bertz CT molecular complexity index is 617. The first-order valence-electron chi connectivity index (χ1n) is 6.57. The molecule has 21 heavy (non-hydrogen) atoms. The van der Waals surface area contributed by atoms with Gasteiger partial charge in [-0.15, -0.1) is 0 Å². The maximum Gasteiger partial charge on any atom is 0.265 e. The molecular weight excluding hydrogens is 309 g/mol. The van der Waals surface area contributed by atoms with E-state index in [1.807, 2.05) is 37.3 Å². The summed E-state index contributed by atoms with van der Waals surface area (Å²) in [6.45, 7) is 1.89. The van der Waals surface area contributed by atoms with Crippen molar-refractivity contribution in [2.24, 2.45) is 0 Å². The molecule has 0 aliphatic rings. The van der Waals surface area contributed by atoms with E-state index < -0.39 is 6.10 Å². The molecule has 0 aliphatic heterocycles. The summed E-state index contributed by atoms with van der Waals surface area (Å²) in [7, 11) is 0. The average molecular weight is 324 g/mol. The molecule has 0 saturated carbocycles. The fraction of sp³-hybridized carbons (Fsp3) is 0.188. The van der Waals surface area contributed by atoms with E-state index in [1.165, 1.54) is 0 Å². The SMILES string of the molecule is CC[C@@H](Oc1ccccc1)C(=O)Nc1ccc(Cl)c(Cl)c1. The van der Waals surface area contributed by atoms with E-state index in [9.17, 15) is 4.79 Å². The summed E-state index contributed by atoms with van der Waals surface area (Å²) in [6, 6.07) is 14.2. The van der Waals surface area contributed by atoms with Crippen molar-refractivity contribution in [2.75, 3.05) is 5.32 Å². The molecule has 0 fully saturated rings. The van der Waals surface area contributed by atoms with Crippen LogP contribution in [0.25, 0.3) is 0 Å². The van der Waals surface area contributed by atoms with E-state index in [2.05, 4.69) is 5.32 Å². The smallest absolute Gasteiger partial charge is 0.265 e. The van der Waals surface area contributed by atoms with E-state index in [0.717, 1.165) is 0 Å². The van der Waals surface area contributed by atoms with Gasteiger partial charge in [0.1, 0.15) is 5.75 Å². The van der Waals surface area contributed by atoms with E-state index in [-0.39, 0.29) is 5.91 Å². The number of anilines is 1. The Morgan fingerprint density at radius 2 is 1.86 bits per heavy atom. The summed E-state index contributed by atoms with van der Waals surface area (Å²) in [6.07, 6.45) is -0.0101. The lowest BCUT2D eigenvalue weighted by molar-refractivity contribution is -0.122. The summed E-state index contributed by atoms with van der Waals surface area (Å²) in [5.41, 5.74) is 0.588. The Labute approximate surface area is 133 Å². The van der Waals surface area contributed by atoms with Gasteiger partial charge in [-0.2, -0.15) is 0 Å². The fourth-order valence-corrected chi connectivity index (χ4v) is 2.08. The van der Waals surface area contributed by atoms with Gasteiger partial charge in [0, 0.05) is 5.69 Å². The van der Waals surface area contributed by atoms with Crippen molar-refractivity contribution >= 4 is 34.8 Å². The van der Waals surface area contributed by atoms with Crippen LogP contribution in [-0.2, 0) is 4.79 Å². The van der Waals surface area contributed by atoms with Crippen molar-refractivity contribution in [2.45, 2.75) is 19.4 Å². The van der Waals surface area contributed by atoms with Crippen molar-refractivity contribution in [1.82, 2.24) is 0 Å². The molecule has 2 aromatic rings. The molecule has 0 spiro atoms. The van der Waals surface area contributed by atoms with Gasteiger partial charge >= 0.3 is 0 Å². The van der Waals surface area contributed by atoms with Crippen LogP contribution in [0.2, 0.25) is 10.0 Å². The second kappa shape index (κ2) is 7.34. The maximum atomic E-state index is 12.2. The van der Waals surface area contributed by atoms with Crippen molar-refractivity contribution in [3.8, 4) is 5.75 Å². The quantitative estimate of drug-likeness (QED) is 0.859. The van der Waals surface area contributed by atoms with Gasteiger partial charge in [0.05, 0.1) is 10.0 Å². The first-order chi connectivity index (χ1) is 10.1. The third kappa shape index (κ3) is 4.38. The molecule has 3 nitrogen and oxygen atoms in total. The number of benzene rings is 2. The molecule has 0 heterocycles. The number of carbonyl (C=O) groups excluding carboxylic acids is 1. The zero-order chi connectivity index (χ0) is 15.2. The minimum Gasteiger partial charge on any atom is -0.481 e. The first kappa shape index (κ1) is 15.7. The standard InChI is InChI=1S/C16H15Cl2NO2/c1-2-15(21-12-6-4-3-5-7-12)16(20)19-11-8-9-13(17)14(18)10-11/h3-10,15H,2H2,1H3,(H,19,20)/t15-/m1/s1. The minimum atomic E-state index is -0.568. The molecule has 0 saturated heterocycles. The summed E-state index contributed by atoms with van der Waals surface area (Å²) < 4.78 is 5.68. The summed E-state index contributed by atoms with van der Waals surface area (Å²) >= 11 is 11.8. The monoisotopic (exact) mass is 323 g/mol. The lowest BCUT2D eigenvalue weighted by Gasteiger charge is -2.17. The van der Waals surface area contributed by atoms with Gasteiger partial charge in [-0.25, -0.2) is 0 Å². The highest BCUT2D eigenvalue weighted by atomic mass is 35.5. The van der Waals surface area contributed by atoms with Crippen LogP contribution in [0, 0.1) is 0 Å². The van der Waals surface area contributed by atoms with Crippen LogP contribution in [0.3, 0.4) is 0 Å². The van der Waals surface area contributed by atoms with Crippen LogP contribution in [0.1, 0.15) is 13.3 Å². The Hall–Kier alpha value is -1.71. The third-order valence-electron chi connectivity index (χ3n) is 2.87. The molecule has 0 aromatic heterocycles. The number of rotatable bonds is 5. The zero-order valence-corrected chi connectivity index (χ0v) is 13.0. The molecule has 1 N–H and O–H groups in total. The third-order valence-corrected chi connectivity index (χ3v) is 3.61. The predicted molar refractivity (Wildman–Crippen MR) is 86.2 cm³/mol. The van der Waals surface area contributed by atoms with Crippen LogP contribution in [0.4, 0.5) is 5.69 Å². The zero-order valence-electron chi connectivity index (χ0n) is 11.5. The highest BCUT2D eigenvalue weighted by molar-refractivity contribution is 6.42. The number of para-hydroxylation sites is 1. The van der Waals surface area contributed by atoms with Gasteiger partial charge in [-0.3, -0.25) is 4.79 Å². The van der Waals surface area contributed by atoms with Gasteiger partial charge in [0.25, 0.3) is 5.91 Å². The maximum absolute atomic E-state index is 12.2. The molecule has 5 heteroatoms. The van der Waals surface area contributed by atoms with Gasteiger partial charge in [-0.1, -0.05) is 48.3 Å². The van der Waals surface area contributed by atoms with Gasteiger partial charge in [0.15, 0.2) is 6.10 Å². The lowest BCUT2D eigenvalue weighted by atomic mass is 10.2. The van der Waals surface area contributed by atoms with E-state index in [0.29, 0.717) is 27.9 Å². The number of hydrogen-bond donors (Lipinski definition) is 1. The topological polar surface area (TPSA) is 38.3 Å². The highest BCUT2D eigenvalue weighted by Gasteiger charge is 2.18. The van der Waals surface area contributed by atoms with Crippen LogP contribution in [0.5, 0.6) is 5.75 Å². The van der Waals surface area contributed by atoms with E-state index in [1.54, 1.807) is 18.2 Å². The normalized spacial score (nSPS) is 11.8. The molecular formula is C16H15Cl2NO2. The predicted octanol–water partition coefficient (Wildman–Crippen LogP) is 4.79. The number of amides is 1. The molecule has 2 rings (SSSR count). The summed E-state index contributed by atoms with van der Waals surface area (Å²) in [5, 5.41) is 3.62. The molecule has 1 atom stereocenters. The molecule has 1 amide bonds. The molecule has 0 radical (unpaired) electrons. The number of ether oxygens (including phenoxy) is 1. The van der Waals surface area contributed by atoms with Crippen LogP contribution < -0.4 is 10.1 Å². The number of halogens is 2. The molecule has 2 aromatic carbocycles. The molecule has 110 valence electrons. The van der Waals surface area contributed by atoms with E-state index in [4.69, 9.17) is 27.9 Å². The average Bonchev–Trinajstić information content (AvgIpc) is 2.49. The first-order valence-corrected chi connectivity index (χ1v) is 7.33. The fourth-order valence-electron chi connectivity index (χ4n) is 1.78. The van der Waals surface area contributed by atoms with Crippen molar-refractivity contribution in [1.29, 1.82) is 0 Å². The molecule has 0 bridgehead atoms. The van der Waals surface area contributed by atoms with Crippen LogP contribution in [0.15, 0.2) is 48.5 Å². The summed E-state index contributed by atoms with van der Waals surface area (Å²) in [4.78, 5) is 12.2. The van der Waals surface area contributed by atoms with Crippen molar-refractivity contribution < 1.29 is 9.53 Å². The van der Waals surface area contributed by atoms with Crippen LogP contribution in [-0.4, -0.2) is 12.0 Å². The number of nitrogens with one attached hydrogen (secondary N) is 1. The lowest BCUT2D eigenvalue weighted by Crippen LogP contribution is -2.32. The Balaban J connectivity index is 2.04. The highest BCUT2D eigenvalue weighted by Crippen LogP contribution is 2.25. The summed E-state index contributed by atoms with van der Waals surface area (Å²) in [5.74, 6) is 0.438.